The smallest absolute Gasteiger partial charge is 0.143 e. The van der Waals surface area contributed by atoms with Crippen LogP contribution in [-0.4, -0.2) is 37.3 Å². The summed E-state index contributed by atoms with van der Waals surface area (Å²) in [6.07, 6.45) is 2.25. The number of unbranched alkanes of at least 4 members (excludes halogenated alkanes) is 1. The molecular weight excluding hydrogens is 396 g/mol. The van der Waals surface area contributed by atoms with E-state index in [4.69, 9.17) is 4.74 Å². The topological polar surface area (TPSA) is 12.5 Å². The molecule has 2 atom stereocenters. The monoisotopic (exact) mass is 430 g/mol. The minimum atomic E-state index is -0.861. The molecule has 1 fully saturated rings. The van der Waals surface area contributed by atoms with Crippen LogP contribution in [0.15, 0.2) is 91.0 Å². The van der Waals surface area contributed by atoms with Crippen molar-refractivity contribution in [1.82, 2.24) is 4.90 Å². The number of alkyl halides is 1. The number of halogens is 1. The standard InChI is InChI=1S/C29H34FNO/c1-2-3-20-31-21-19-24(28(30)22-31)23-32-29(25-13-7-4-8-14-25,26-15-9-5-10-16-26)27-17-11-6-12-18-27/h4-18,24,28H,2-3,19-23H2,1H3/t24-,28-/m1/s1/i30-1. The Bertz CT molecular complexity index is 834. The Morgan fingerprint density at radius 2 is 1.34 bits per heavy atom. The molecule has 3 aromatic rings. The average Bonchev–Trinajstić information content (AvgIpc) is 2.86. The Morgan fingerprint density at radius 3 is 1.78 bits per heavy atom. The first-order chi connectivity index (χ1) is 15.7. The van der Waals surface area contributed by atoms with Gasteiger partial charge in [-0.25, -0.2) is 4.39 Å². The van der Waals surface area contributed by atoms with Crippen molar-refractivity contribution in [3.8, 4) is 0 Å². The molecule has 0 N–H and O–H groups in total. The largest absolute Gasteiger partial charge is 0.360 e. The number of hydrogen-bond donors (Lipinski definition) is 0. The fourth-order valence-electron chi connectivity index (χ4n) is 4.79. The highest BCUT2D eigenvalue weighted by molar-refractivity contribution is 5.47. The SMILES string of the molecule is CCCCN1CC[C@H](COC(c2ccccc2)(c2ccccc2)c2ccccc2)[C@H]([18F])C1. The summed E-state index contributed by atoms with van der Waals surface area (Å²) >= 11 is 0. The fourth-order valence-corrected chi connectivity index (χ4v) is 4.79. The summed E-state index contributed by atoms with van der Waals surface area (Å²) < 4.78 is 22.0. The van der Waals surface area contributed by atoms with Crippen LogP contribution in [0.4, 0.5) is 4.39 Å². The summed E-state index contributed by atoms with van der Waals surface area (Å²) in [5.74, 6) is -0.0941. The molecule has 0 amide bonds. The molecular formula is C29H34FNO. The summed E-state index contributed by atoms with van der Waals surface area (Å²) in [6, 6.07) is 31.0. The predicted octanol–water partition coefficient (Wildman–Crippen LogP) is 6.46. The molecule has 0 bridgehead atoms. The van der Waals surface area contributed by atoms with Gasteiger partial charge in [0.15, 0.2) is 0 Å². The second-order valence-corrected chi connectivity index (χ2v) is 8.81. The van der Waals surface area contributed by atoms with Crippen LogP contribution < -0.4 is 0 Å². The van der Waals surface area contributed by atoms with Crippen molar-refractivity contribution in [2.45, 2.75) is 38.0 Å². The third-order valence-electron chi connectivity index (χ3n) is 6.64. The molecule has 1 heterocycles. The van der Waals surface area contributed by atoms with Crippen molar-refractivity contribution in [2.75, 3.05) is 26.2 Å². The van der Waals surface area contributed by atoms with Gasteiger partial charge >= 0.3 is 0 Å². The minimum absolute atomic E-state index is 0.0941. The average molecular weight is 431 g/mol. The number of nitrogens with zero attached hydrogens (tertiary/aromatic N) is 1. The normalized spacial score (nSPS) is 19.7. The molecule has 1 aliphatic heterocycles. The predicted molar refractivity (Wildman–Crippen MR) is 130 cm³/mol. The number of piperidine rings is 1. The quantitative estimate of drug-likeness (QED) is 0.362. The van der Waals surface area contributed by atoms with E-state index in [1.165, 1.54) is 0 Å². The Balaban J connectivity index is 1.65. The molecule has 1 saturated heterocycles. The lowest BCUT2D eigenvalue weighted by molar-refractivity contribution is -0.0425. The molecule has 4 rings (SSSR count). The highest BCUT2D eigenvalue weighted by atomic mass is 18.2. The van der Waals surface area contributed by atoms with E-state index >= 15 is 4.39 Å². The minimum Gasteiger partial charge on any atom is -0.360 e. The van der Waals surface area contributed by atoms with Gasteiger partial charge in [0.2, 0.25) is 0 Å². The molecule has 2 nitrogen and oxygen atoms in total. The van der Waals surface area contributed by atoms with Crippen molar-refractivity contribution >= 4 is 0 Å². The Kier molecular flexibility index (Phi) is 7.72. The van der Waals surface area contributed by atoms with Gasteiger partial charge in [-0.1, -0.05) is 104 Å². The lowest BCUT2D eigenvalue weighted by Gasteiger charge is -2.39. The Morgan fingerprint density at radius 1 is 0.844 bits per heavy atom. The molecule has 32 heavy (non-hydrogen) atoms. The molecule has 3 aromatic carbocycles. The van der Waals surface area contributed by atoms with Crippen LogP contribution in [-0.2, 0) is 10.3 Å². The molecule has 0 spiro atoms. The van der Waals surface area contributed by atoms with Gasteiger partial charge < -0.3 is 9.64 Å². The van der Waals surface area contributed by atoms with Gasteiger partial charge in [0.05, 0.1) is 6.61 Å². The second kappa shape index (κ2) is 10.9. The number of likely N-dealkylation sites (tertiary alicyclic amines) is 1. The maximum absolute atomic E-state index is 15.2. The highest BCUT2D eigenvalue weighted by Crippen LogP contribution is 2.41. The van der Waals surface area contributed by atoms with Gasteiger partial charge in [0.25, 0.3) is 0 Å². The zero-order chi connectivity index (χ0) is 22.2. The fraction of sp³-hybridized carbons (Fsp3) is 0.379. The number of ether oxygens (including phenoxy) is 1. The number of benzene rings is 3. The van der Waals surface area contributed by atoms with Crippen molar-refractivity contribution in [3.63, 3.8) is 0 Å². The van der Waals surface area contributed by atoms with Gasteiger partial charge in [0, 0.05) is 12.5 Å². The highest BCUT2D eigenvalue weighted by Gasteiger charge is 2.39. The molecule has 168 valence electrons. The van der Waals surface area contributed by atoms with E-state index in [2.05, 4.69) is 48.2 Å². The van der Waals surface area contributed by atoms with Crippen LogP contribution in [0.5, 0.6) is 0 Å². The van der Waals surface area contributed by atoms with E-state index in [1.54, 1.807) is 0 Å². The van der Waals surface area contributed by atoms with Gasteiger partial charge in [-0.2, -0.15) is 0 Å². The molecule has 0 radical (unpaired) electrons. The summed E-state index contributed by atoms with van der Waals surface area (Å²) in [6.45, 7) is 5.03. The molecule has 0 saturated carbocycles. The number of rotatable bonds is 9. The first-order valence-electron chi connectivity index (χ1n) is 11.9. The van der Waals surface area contributed by atoms with Gasteiger partial charge in [-0.15, -0.1) is 0 Å². The molecule has 3 heteroatoms. The second-order valence-electron chi connectivity index (χ2n) is 8.81. The lowest BCUT2D eigenvalue weighted by atomic mass is 9.80. The van der Waals surface area contributed by atoms with E-state index in [-0.39, 0.29) is 5.92 Å². The first-order valence-corrected chi connectivity index (χ1v) is 11.9. The van der Waals surface area contributed by atoms with E-state index in [0.29, 0.717) is 13.2 Å². The van der Waals surface area contributed by atoms with E-state index in [9.17, 15) is 0 Å². The van der Waals surface area contributed by atoms with Gasteiger partial charge in [0.1, 0.15) is 11.8 Å². The van der Waals surface area contributed by atoms with Crippen LogP contribution in [0.1, 0.15) is 42.9 Å². The van der Waals surface area contributed by atoms with Crippen molar-refractivity contribution in [2.24, 2.45) is 5.92 Å². The maximum atomic E-state index is 15.2. The first kappa shape index (κ1) is 22.7. The summed E-state index contributed by atoms with van der Waals surface area (Å²) in [7, 11) is 0. The van der Waals surface area contributed by atoms with E-state index in [0.717, 1.165) is 49.0 Å². The van der Waals surface area contributed by atoms with Crippen LogP contribution in [0.2, 0.25) is 0 Å². The summed E-state index contributed by atoms with van der Waals surface area (Å²) in [5, 5.41) is 0. The Labute approximate surface area is 192 Å². The van der Waals surface area contributed by atoms with Crippen LogP contribution in [0, 0.1) is 5.92 Å². The Hall–Kier alpha value is -2.49. The summed E-state index contributed by atoms with van der Waals surface area (Å²) in [5.41, 5.74) is 2.41. The lowest BCUT2D eigenvalue weighted by Crippen LogP contribution is -2.45. The van der Waals surface area contributed by atoms with Crippen LogP contribution >= 0.6 is 0 Å². The van der Waals surface area contributed by atoms with Crippen molar-refractivity contribution in [3.05, 3.63) is 108 Å². The van der Waals surface area contributed by atoms with Crippen molar-refractivity contribution < 1.29 is 9.13 Å². The molecule has 0 aliphatic carbocycles. The third kappa shape index (κ3) is 4.95. The van der Waals surface area contributed by atoms with E-state index < -0.39 is 11.8 Å². The maximum Gasteiger partial charge on any atom is 0.143 e. The van der Waals surface area contributed by atoms with Crippen molar-refractivity contribution in [1.29, 1.82) is 0 Å². The molecule has 1 aliphatic rings. The zero-order valence-corrected chi connectivity index (χ0v) is 19.0. The molecule has 0 aromatic heterocycles. The van der Waals surface area contributed by atoms with E-state index in [1.807, 2.05) is 54.6 Å². The van der Waals surface area contributed by atoms with Gasteiger partial charge in [-0.05, 0) is 42.6 Å². The number of hydrogen-bond acceptors (Lipinski definition) is 2. The zero-order valence-electron chi connectivity index (χ0n) is 19.0. The van der Waals surface area contributed by atoms with Crippen LogP contribution in [0.3, 0.4) is 0 Å². The van der Waals surface area contributed by atoms with Crippen LogP contribution in [0.25, 0.3) is 0 Å². The third-order valence-corrected chi connectivity index (χ3v) is 6.64. The molecule has 0 unspecified atom stereocenters. The van der Waals surface area contributed by atoms with Gasteiger partial charge in [-0.3, -0.25) is 0 Å². The summed E-state index contributed by atoms with van der Waals surface area (Å²) in [4.78, 5) is 2.27.